The lowest BCUT2D eigenvalue weighted by Crippen LogP contribution is -2.46. The van der Waals surface area contributed by atoms with Crippen LogP contribution in [0, 0.1) is 5.92 Å². The Morgan fingerprint density at radius 2 is 2.16 bits per heavy atom. The Labute approximate surface area is 153 Å². The van der Waals surface area contributed by atoms with Crippen LogP contribution in [0.5, 0.6) is 0 Å². The minimum Gasteiger partial charge on any atom is -0.329 e. The summed E-state index contributed by atoms with van der Waals surface area (Å²) < 4.78 is 0. The molecule has 2 unspecified atom stereocenters. The van der Waals surface area contributed by atoms with Gasteiger partial charge in [-0.1, -0.05) is 29.8 Å². The van der Waals surface area contributed by atoms with Gasteiger partial charge in [-0.15, -0.1) is 0 Å². The standard InChI is InChI=1S/C19H23ClN4O/c20-16-3-1-2-13(9-16)8-14-4-7-18(23-11-14)24-19(25)15-5-6-17(10-21)22-12-15/h1-4,7,9,11,15,17,22H,5-6,8,10,12,21H2,(H,23,24,25). The number of halogens is 1. The van der Waals surface area contributed by atoms with Crippen LogP contribution in [-0.2, 0) is 11.2 Å². The van der Waals surface area contributed by atoms with Crippen LogP contribution >= 0.6 is 11.6 Å². The third-order valence-electron chi connectivity index (χ3n) is 4.55. The van der Waals surface area contributed by atoms with E-state index >= 15 is 0 Å². The molecule has 25 heavy (non-hydrogen) atoms. The SMILES string of the molecule is NCC1CCC(C(=O)Nc2ccc(Cc3cccc(Cl)c3)cn2)CN1. The molecule has 1 aliphatic heterocycles. The molecular formula is C19H23ClN4O. The van der Waals surface area contributed by atoms with Crippen LogP contribution in [0.3, 0.4) is 0 Å². The van der Waals surface area contributed by atoms with Crippen molar-refractivity contribution in [2.24, 2.45) is 11.7 Å². The van der Waals surface area contributed by atoms with Crippen LogP contribution in [0.15, 0.2) is 42.6 Å². The summed E-state index contributed by atoms with van der Waals surface area (Å²) >= 11 is 6.01. The number of benzene rings is 1. The average Bonchev–Trinajstić information content (AvgIpc) is 2.63. The first-order chi connectivity index (χ1) is 12.1. The van der Waals surface area contributed by atoms with Crippen molar-refractivity contribution in [1.29, 1.82) is 0 Å². The first-order valence-electron chi connectivity index (χ1n) is 8.57. The monoisotopic (exact) mass is 358 g/mol. The number of carbonyl (C=O) groups is 1. The van der Waals surface area contributed by atoms with Gasteiger partial charge in [-0.3, -0.25) is 4.79 Å². The molecule has 6 heteroatoms. The molecule has 0 bridgehead atoms. The summed E-state index contributed by atoms with van der Waals surface area (Å²) in [5, 5.41) is 6.94. The van der Waals surface area contributed by atoms with Crippen LogP contribution in [0.2, 0.25) is 5.02 Å². The number of nitrogens with one attached hydrogen (secondary N) is 2. The highest BCUT2D eigenvalue weighted by molar-refractivity contribution is 6.30. The van der Waals surface area contributed by atoms with E-state index in [1.54, 1.807) is 6.20 Å². The first kappa shape index (κ1) is 17.9. The van der Waals surface area contributed by atoms with E-state index in [1.807, 2.05) is 36.4 Å². The molecule has 1 saturated heterocycles. The zero-order valence-corrected chi connectivity index (χ0v) is 14.8. The Morgan fingerprint density at radius 3 is 2.80 bits per heavy atom. The van der Waals surface area contributed by atoms with Gasteiger partial charge in [-0.2, -0.15) is 0 Å². The van der Waals surface area contributed by atoms with Gasteiger partial charge in [0, 0.05) is 30.4 Å². The van der Waals surface area contributed by atoms with Crippen molar-refractivity contribution in [2.45, 2.75) is 25.3 Å². The maximum atomic E-state index is 12.3. The molecule has 3 rings (SSSR count). The molecule has 0 spiro atoms. The van der Waals surface area contributed by atoms with Crippen molar-refractivity contribution in [2.75, 3.05) is 18.4 Å². The molecule has 132 valence electrons. The molecule has 1 aromatic heterocycles. The Bertz CT molecular complexity index is 712. The van der Waals surface area contributed by atoms with Gasteiger partial charge in [0.1, 0.15) is 5.82 Å². The quantitative estimate of drug-likeness (QED) is 0.767. The summed E-state index contributed by atoms with van der Waals surface area (Å²) in [5.74, 6) is 0.564. The average molecular weight is 359 g/mol. The lowest BCUT2D eigenvalue weighted by atomic mass is 9.94. The molecule has 1 amide bonds. The lowest BCUT2D eigenvalue weighted by molar-refractivity contribution is -0.120. The molecule has 2 heterocycles. The highest BCUT2D eigenvalue weighted by Gasteiger charge is 2.25. The van der Waals surface area contributed by atoms with Gasteiger partial charge in [0.15, 0.2) is 0 Å². The molecule has 0 aliphatic carbocycles. The van der Waals surface area contributed by atoms with Gasteiger partial charge in [0.2, 0.25) is 5.91 Å². The van der Waals surface area contributed by atoms with Gasteiger partial charge >= 0.3 is 0 Å². The largest absolute Gasteiger partial charge is 0.329 e. The van der Waals surface area contributed by atoms with E-state index in [0.717, 1.165) is 35.4 Å². The number of amides is 1. The normalized spacial score (nSPS) is 20.2. The van der Waals surface area contributed by atoms with Crippen molar-refractivity contribution < 1.29 is 4.79 Å². The summed E-state index contributed by atoms with van der Waals surface area (Å²) in [5.41, 5.74) is 7.85. The second kappa shape index (κ2) is 8.43. The van der Waals surface area contributed by atoms with Gasteiger partial charge in [-0.05, 0) is 48.6 Å². The fourth-order valence-electron chi connectivity index (χ4n) is 3.05. The molecular weight excluding hydrogens is 336 g/mol. The molecule has 1 aliphatic rings. The van der Waals surface area contributed by atoms with E-state index in [-0.39, 0.29) is 11.8 Å². The Balaban J connectivity index is 1.54. The topological polar surface area (TPSA) is 80.0 Å². The minimum absolute atomic E-state index is 0.0121. The smallest absolute Gasteiger partial charge is 0.229 e. The van der Waals surface area contributed by atoms with Crippen LogP contribution in [0.25, 0.3) is 0 Å². The summed E-state index contributed by atoms with van der Waals surface area (Å²) in [7, 11) is 0. The van der Waals surface area contributed by atoms with Crippen LogP contribution in [-0.4, -0.2) is 30.0 Å². The van der Waals surface area contributed by atoms with Gasteiger partial charge in [0.05, 0.1) is 5.92 Å². The van der Waals surface area contributed by atoms with Crippen molar-refractivity contribution in [3.63, 3.8) is 0 Å². The van der Waals surface area contributed by atoms with Crippen molar-refractivity contribution in [1.82, 2.24) is 10.3 Å². The summed E-state index contributed by atoms with van der Waals surface area (Å²) in [4.78, 5) is 16.7. The number of pyridine rings is 1. The highest BCUT2D eigenvalue weighted by Crippen LogP contribution is 2.18. The van der Waals surface area contributed by atoms with E-state index in [2.05, 4.69) is 15.6 Å². The van der Waals surface area contributed by atoms with Crippen LogP contribution in [0.4, 0.5) is 5.82 Å². The second-order valence-corrected chi connectivity index (χ2v) is 6.90. The zero-order chi connectivity index (χ0) is 17.6. The maximum Gasteiger partial charge on any atom is 0.229 e. The fraction of sp³-hybridized carbons (Fsp3) is 0.368. The van der Waals surface area contributed by atoms with E-state index in [4.69, 9.17) is 17.3 Å². The molecule has 2 atom stereocenters. The first-order valence-corrected chi connectivity index (χ1v) is 8.95. The third kappa shape index (κ3) is 5.01. The number of carbonyl (C=O) groups excluding carboxylic acids is 1. The van der Waals surface area contributed by atoms with Crippen molar-refractivity contribution in [3.8, 4) is 0 Å². The maximum absolute atomic E-state index is 12.3. The number of aromatic nitrogens is 1. The van der Waals surface area contributed by atoms with E-state index in [9.17, 15) is 4.79 Å². The molecule has 5 nitrogen and oxygen atoms in total. The van der Waals surface area contributed by atoms with Gasteiger partial charge in [0.25, 0.3) is 0 Å². The number of rotatable bonds is 5. The molecule has 0 saturated carbocycles. The summed E-state index contributed by atoms with van der Waals surface area (Å²) in [6.45, 7) is 1.28. The van der Waals surface area contributed by atoms with Crippen molar-refractivity contribution >= 4 is 23.3 Å². The zero-order valence-electron chi connectivity index (χ0n) is 14.0. The predicted octanol–water partition coefficient (Wildman–Crippen LogP) is 2.59. The third-order valence-corrected chi connectivity index (χ3v) is 4.78. The molecule has 1 aromatic carbocycles. The number of nitrogens with zero attached hydrogens (tertiary/aromatic N) is 1. The lowest BCUT2D eigenvalue weighted by Gasteiger charge is -2.28. The summed E-state index contributed by atoms with van der Waals surface area (Å²) in [6, 6.07) is 11.9. The predicted molar refractivity (Wildman–Crippen MR) is 101 cm³/mol. The molecule has 0 radical (unpaired) electrons. The minimum atomic E-state index is -0.0317. The Kier molecular flexibility index (Phi) is 6.02. The van der Waals surface area contributed by atoms with Gasteiger partial charge < -0.3 is 16.4 Å². The number of anilines is 1. The number of nitrogens with two attached hydrogens (primary N) is 1. The van der Waals surface area contributed by atoms with Crippen LogP contribution < -0.4 is 16.4 Å². The van der Waals surface area contributed by atoms with E-state index < -0.39 is 0 Å². The van der Waals surface area contributed by atoms with E-state index in [1.165, 1.54) is 0 Å². The molecule has 1 fully saturated rings. The second-order valence-electron chi connectivity index (χ2n) is 6.46. The summed E-state index contributed by atoms with van der Waals surface area (Å²) in [6.07, 6.45) is 4.34. The number of piperidine rings is 1. The van der Waals surface area contributed by atoms with Crippen LogP contribution in [0.1, 0.15) is 24.0 Å². The number of hydrogen-bond donors (Lipinski definition) is 3. The molecule has 4 N–H and O–H groups in total. The Hall–Kier alpha value is -1.95. The highest BCUT2D eigenvalue weighted by atomic mass is 35.5. The fourth-order valence-corrected chi connectivity index (χ4v) is 3.27. The van der Waals surface area contributed by atoms with E-state index in [0.29, 0.717) is 24.9 Å². The van der Waals surface area contributed by atoms with Crippen molar-refractivity contribution in [3.05, 3.63) is 58.7 Å². The molecule has 2 aromatic rings. The van der Waals surface area contributed by atoms with Gasteiger partial charge in [-0.25, -0.2) is 4.98 Å². The Morgan fingerprint density at radius 1 is 1.28 bits per heavy atom. The number of hydrogen-bond acceptors (Lipinski definition) is 4.